The van der Waals surface area contributed by atoms with Crippen molar-refractivity contribution in [2.45, 2.75) is 19.8 Å². The van der Waals surface area contributed by atoms with Gasteiger partial charge in [0, 0.05) is 5.56 Å². The molecular formula is C19H16F3N3O3. The molecule has 0 aliphatic heterocycles. The number of hydrogen-bond acceptors (Lipinski definition) is 4. The number of carbonyl (C=O) groups excluding carboxylic acids is 1. The van der Waals surface area contributed by atoms with Crippen molar-refractivity contribution in [3.63, 3.8) is 0 Å². The number of para-hydroxylation sites is 2. The fourth-order valence-electron chi connectivity index (χ4n) is 2.59. The molecule has 1 heterocycles. The summed E-state index contributed by atoms with van der Waals surface area (Å²) in [6.07, 6.45) is -4.90. The van der Waals surface area contributed by atoms with Gasteiger partial charge in [-0.1, -0.05) is 24.3 Å². The molecule has 3 aromatic rings. The summed E-state index contributed by atoms with van der Waals surface area (Å²) in [5, 5.41) is 19.5. The highest BCUT2D eigenvalue weighted by molar-refractivity contribution is 5.96. The summed E-state index contributed by atoms with van der Waals surface area (Å²) in [6.45, 7) is 1.76. The summed E-state index contributed by atoms with van der Waals surface area (Å²) in [4.78, 5) is 12.3. The first kappa shape index (κ1) is 19.3. The Balaban J connectivity index is 1.71. The maximum absolute atomic E-state index is 12.5. The molecule has 0 saturated heterocycles. The van der Waals surface area contributed by atoms with Gasteiger partial charge in [-0.25, -0.2) is 0 Å². The zero-order valence-electron chi connectivity index (χ0n) is 14.7. The zero-order valence-corrected chi connectivity index (χ0v) is 14.7. The Kier molecular flexibility index (Phi) is 5.25. The molecule has 3 rings (SSSR count). The number of H-pyrrole nitrogens is 1. The molecule has 0 unspecified atom stereocenters. The summed E-state index contributed by atoms with van der Waals surface area (Å²) in [7, 11) is 0. The summed E-state index contributed by atoms with van der Waals surface area (Å²) in [5.74, 6) is -1.21. The van der Waals surface area contributed by atoms with Gasteiger partial charge in [0.05, 0.1) is 23.5 Å². The second kappa shape index (κ2) is 7.63. The minimum absolute atomic E-state index is 0.00123. The number of nitrogens with zero attached hydrogens (tertiary/aromatic N) is 1. The fourth-order valence-corrected chi connectivity index (χ4v) is 2.59. The number of ether oxygens (including phenoxy) is 1. The number of phenols is 1. The largest absolute Gasteiger partial charge is 0.573 e. The van der Waals surface area contributed by atoms with Crippen molar-refractivity contribution >= 4 is 5.91 Å². The van der Waals surface area contributed by atoms with Gasteiger partial charge >= 0.3 is 6.36 Å². The number of amides is 1. The lowest BCUT2D eigenvalue weighted by Gasteiger charge is -2.12. The van der Waals surface area contributed by atoms with Gasteiger partial charge in [0.25, 0.3) is 5.91 Å². The molecule has 0 fully saturated rings. The number of hydrogen-bond donors (Lipinski definition) is 3. The van der Waals surface area contributed by atoms with E-state index in [1.807, 2.05) is 0 Å². The van der Waals surface area contributed by atoms with Gasteiger partial charge < -0.3 is 15.2 Å². The Morgan fingerprint density at radius 3 is 2.71 bits per heavy atom. The number of nitrogens with one attached hydrogen (secondary N) is 2. The van der Waals surface area contributed by atoms with Gasteiger partial charge in [-0.2, -0.15) is 5.10 Å². The van der Waals surface area contributed by atoms with Crippen LogP contribution in [-0.2, 0) is 6.54 Å². The Bertz CT molecular complexity index is 999. The van der Waals surface area contributed by atoms with Gasteiger partial charge in [0.2, 0.25) is 0 Å². The van der Waals surface area contributed by atoms with Crippen LogP contribution in [0.25, 0.3) is 11.3 Å². The normalized spacial score (nSPS) is 11.3. The van der Waals surface area contributed by atoms with Crippen molar-refractivity contribution in [3.05, 3.63) is 65.4 Å². The van der Waals surface area contributed by atoms with E-state index in [2.05, 4.69) is 20.3 Å². The number of aromatic nitrogens is 2. The molecule has 3 N–H and O–H groups in total. The summed E-state index contributed by atoms with van der Waals surface area (Å²) in [5.41, 5.74) is 1.97. The molecule has 2 aromatic carbocycles. The average molecular weight is 391 g/mol. The van der Waals surface area contributed by atoms with Crippen LogP contribution in [0.2, 0.25) is 0 Å². The monoisotopic (exact) mass is 391 g/mol. The molecule has 0 spiro atoms. The quantitative estimate of drug-likeness (QED) is 0.615. The van der Waals surface area contributed by atoms with Crippen molar-refractivity contribution in [1.29, 1.82) is 0 Å². The van der Waals surface area contributed by atoms with E-state index in [4.69, 9.17) is 0 Å². The van der Waals surface area contributed by atoms with E-state index >= 15 is 0 Å². The minimum atomic E-state index is -4.90. The molecule has 6 nitrogen and oxygen atoms in total. The van der Waals surface area contributed by atoms with Crippen LogP contribution in [0.1, 0.15) is 21.6 Å². The van der Waals surface area contributed by atoms with E-state index in [9.17, 15) is 23.1 Å². The first-order chi connectivity index (χ1) is 13.2. The van der Waals surface area contributed by atoms with Crippen molar-refractivity contribution in [3.8, 4) is 22.8 Å². The summed E-state index contributed by atoms with van der Waals surface area (Å²) >= 11 is 0. The van der Waals surface area contributed by atoms with Crippen LogP contribution in [0.3, 0.4) is 0 Å². The molecule has 0 aliphatic rings. The van der Waals surface area contributed by atoms with E-state index < -0.39 is 18.0 Å². The number of carbonyl (C=O) groups is 1. The lowest BCUT2D eigenvalue weighted by Crippen LogP contribution is -2.25. The number of rotatable bonds is 5. The SMILES string of the molecule is Cc1cccc(-c2cc(CNC(=O)c3ccccc3OC(F)(F)F)[nH]n2)c1O. The number of benzene rings is 2. The molecule has 9 heteroatoms. The zero-order chi connectivity index (χ0) is 20.3. The highest BCUT2D eigenvalue weighted by Gasteiger charge is 2.32. The van der Waals surface area contributed by atoms with Crippen LogP contribution in [0.4, 0.5) is 13.2 Å². The van der Waals surface area contributed by atoms with Crippen LogP contribution in [0.15, 0.2) is 48.5 Å². The van der Waals surface area contributed by atoms with Gasteiger partial charge in [-0.15, -0.1) is 13.2 Å². The lowest BCUT2D eigenvalue weighted by molar-refractivity contribution is -0.274. The van der Waals surface area contributed by atoms with Crippen LogP contribution in [0, 0.1) is 6.92 Å². The van der Waals surface area contributed by atoms with E-state index in [0.29, 0.717) is 22.5 Å². The van der Waals surface area contributed by atoms with Crippen LogP contribution >= 0.6 is 0 Å². The number of halogens is 3. The molecule has 0 bridgehead atoms. The smallest absolute Gasteiger partial charge is 0.507 e. The highest BCUT2D eigenvalue weighted by Crippen LogP contribution is 2.30. The summed E-state index contributed by atoms with van der Waals surface area (Å²) in [6, 6.07) is 11.9. The second-order valence-electron chi connectivity index (χ2n) is 5.98. The van der Waals surface area contributed by atoms with Gasteiger partial charge in [-0.05, 0) is 36.8 Å². The van der Waals surface area contributed by atoms with Gasteiger partial charge in [-0.3, -0.25) is 9.89 Å². The maximum Gasteiger partial charge on any atom is 0.573 e. The Hall–Kier alpha value is -3.49. The predicted molar refractivity (Wildman–Crippen MR) is 94.7 cm³/mol. The average Bonchev–Trinajstić information content (AvgIpc) is 3.10. The lowest BCUT2D eigenvalue weighted by atomic mass is 10.1. The Morgan fingerprint density at radius 2 is 1.96 bits per heavy atom. The standard InChI is InChI=1S/C19H16F3N3O3/c1-11-5-4-7-13(17(11)26)15-9-12(24-25-15)10-23-18(27)14-6-2-3-8-16(14)28-19(20,21)22/h2-9,26H,10H2,1H3,(H,23,27)(H,24,25). The van der Waals surface area contributed by atoms with Crippen molar-refractivity contribution in [1.82, 2.24) is 15.5 Å². The highest BCUT2D eigenvalue weighted by atomic mass is 19.4. The number of alkyl halides is 3. The number of aromatic amines is 1. The molecule has 0 saturated carbocycles. The van der Waals surface area contributed by atoms with E-state index in [-0.39, 0.29) is 17.9 Å². The third-order valence-corrected chi connectivity index (χ3v) is 3.94. The molecule has 0 aliphatic carbocycles. The van der Waals surface area contributed by atoms with Crippen LogP contribution in [0.5, 0.6) is 11.5 Å². The van der Waals surface area contributed by atoms with Gasteiger partial charge in [0.15, 0.2) is 0 Å². The van der Waals surface area contributed by atoms with Gasteiger partial charge in [0.1, 0.15) is 11.5 Å². The van der Waals surface area contributed by atoms with Crippen LogP contribution < -0.4 is 10.1 Å². The third-order valence-electron chi connectivity index (χ3n) is 3.94. The molecule has 1 aromatic heterocycles. The predicted octanol–water partition coefficient (Wildman–Crippen LogP) is 3.92. The molecule has 1 amide bonds. The first-order valence-electron chi connectivity index (χ1n) is 8.21. The molecule has 28 heavy (non-hydrogen) atoms. The maximum atomic E-state index is 12.5. The second-order valence-corrected chi connectivity index (χ2v) is 5.98. The van der Waals surface area contributed by atoms with Crippen molar-refractivity contribution in [2.75, 3.05) is 0 Å². The number of phenolic OH excluding ortho intramolecular Hbond substituents is 1. The molecular weight excluding hydrogens is 375 g/mol. The molecule has 0 radical (unpaired) electrons. The molecule has 0 atom stereocenters. The number of aromatic hydroxyl groups is 1. The van der Waals surface area contributed by atoms with Crippen molar-refractivity contribution in [2.24, 2.45) is 0 Å². The molecule has 146 valence electrons. The van der Waals surface area contributed by atoms with Crippen LogP contribution in [-0.4, -0.2) is 27.6 Å². The number of aryl methyl sites for hydroxylation is 1. The van der Waals surface area contributed by atoms with E-state index in [0.717, 1.165) is 6.07 Å². The summed E-state index contributed by atoms with van der Waals surface area (Å²) < 4.78 is 41.3. The minimum Gasteiger partial charge on any atom is -0.507 e. The topological polar surface area (TPSA) is 87.2 Å². The fraction of sp³-hybridized carbons (Fsp3) is 0.158. The third kappa shape index (κ3) is 4.43. The van der Waals surface area contributed by atoms with Crippen molar-refractivity contribution < 1.29 is 27.8 Å². The first-order valence-corrected chi connectivity index (χ1v) is 8.21. The Labute approximate surface area is 158 Å². The Morgan fingerprint density at radius 1 is 1.21 bits per heavy atom. The van der Waals surface area contributed by atoms with E-state index in [1.165, 1.54) is 18.2 Å². The van der Waals surface area contributed by atoms with E-state index in [1.54, 1.807) is 31.2 Å².